The van der Waals surface area contributed by atoms with E-state index in [1.165, 1.54) is 0 Å². The van der Waals surface area contributed by atoms with Crippen LogP contribution in [0.25, 0.3) is 0 Å². The fourth-order valence-electron chi connectivity index (χ4n) is 1.94. The first kappa shape index (κ1) is 12.3. The van der Waals surface area contributed by atoms with Gasteiger partial charge in [0.15, 0.2) is 0 Å². The number of aromatic nitrogens is 1. The number of hydrogen-bond donors (Lipinski definition) is 0. The molecular weight excluding hydrogens is 238 g/mol. The summed E-state index contributed by atoms with van der Waals surface area (Å²) in [5, 5.41) is 0.500. The van der Waals surface area contributed by atoms with Crippen LogP contribution in [0.5, 0.6) is 0 Å². The van der Waals surface area contributed by atoms with Gasteiger partial charge in [-0.1, -0.05) is 17.7 Å². The summed E-state index contributed by atoms with van der Waals surface area (Å²) in [4.78, 5) is 19.7. The quantitative estimate of drug-likeness (QED) is 0.748. The van der Waals surface area contributed by atoms with Crippen molar-refractivity contribution in [2.24, 2.45) is 0 Å². The highest BCUT2D eigenvalue weighted by Crippen LogP contribution is 2.10. The SMILES string of the molecule is CN1CCCN(Cc2ccc(Cl)nc2)CC1=O. The second-order valence-corrected chi connectivity index (χ2v) is 4.76. The molecule has 5 heteroatoms. The van der Waals surface area contributed by atoms with E-state index in [4.69, 9.17) is 11.6 Å². The maximum atomic E-state index is 11.7. The number of rotatable bonds is 2. The minimum absolute atomic E-state index is 0.185. The molecule has 2 rings (SSSR count). The Balaban J connectivity index is 1.98. The minimum Gasteiger partial charge on any atom is -0.345 e. The van der Waals surface area contributed by atoms with Crippen LogP contribution in [-0.2, 0) is 11.3 Å². The molecule has 0 saturated carbocycles. The van der Waals surface area contributed by atoms with Crippen molar-refractivity contribution in [2.45, 2.75) is 13.0 Å². The van der Waals surface area contributed by atoms with Crippen molar-refractivity contribution >= 4 is 17.5 Å². The van der Waals surface area contributed by atoms with Gasteiger partial charge in [-0.25, -0.2) is 4.98 Å². The Morgan fingerprint density at radius 1 is 1.41 bits per heavy atom. The van der Waals surface area contributed by atoms with E-state index in [-0.39, 0.29) is 5.91 Å². The third kappa shape index (κ3) is 3.41. The van der Waals surface area contributed by atoms with Gasteiger partial charge >= 0.3 is 0 Å². The van der Waals surface area contributed by atoms with Crippen molar-refractivity contribution in [1.82, 2.24) is 14.8 Å². The molecule has 2 heterocycles. The van der Waals surface area contributed by atoms with Crippen molar-refractivity contribution in [2.75, 3.05) is 26.7 Å². The molecule has 0 aromatic carbocycles. The maximum absolute atomic E-state index is 11.7. The molecule has 0 spiro atoms. The largest absolute Gasteiger partial charge is 0.345 e. The molecule has 1 aromatic rings. The zero-order valence-electron chi connectivity index (χ0n) is 9.90. The molecular formula is C12H16ClN3O. The number of halogens is 1. The molecule has 4 nitrogen and oxygen atoms in total. The zero-order chi connectivity index (χ0) is 12.3. The summed E-state index contributed by atoms with van der Waals surface area (Å²) in [7, 11) is 1.86. The van der Waals surface area contributed by atoms with Crippen molar-refractivity contribution in [3.8, 4) is 0 Å². The Kier molecular flexibility index (Phi) is 3.97. The molecule has 0 atom stereocenters. The van der Waals surface area contributed by atoms with E-state index in [0.717, 1.165) is 31.6 Å². The lowest BCUT2D eigenvalue weighted by atomic mass is 10.2. The predicted molar refractivity (Wildman–Crippen MR) is 66.8 cm³/mol. The molecule has 1 aliphatic heterocycles. The van der Waals surface area contributed by atoms with E-state index >= 15 is 0 Å². The molecule has 0 aliphatic carbocycles. The lowest BCUT2D eigenvalue weighted by Gasteiger charge is -2.19. The fraction of sp³-hybridized carbons (Fsp3) is 0.500. The van der Waals surface area contributed by atoms with Gasteiger partial charge in [0.2, 0.25) is 5.91 Å². The summed E-state index contributed by atoms with van der Waals surface area (Å²) < 4.78 is 0. The van der Waals surface area contributed by atoms with Crippen LogP contribution in [0.2, 0.25) is 5.15 Å². The van der Waals surface area contributed by atoms with Crippen LogP contribution in [0.4, 0.5) is 0 Å². The van der Waals surface area contributed by atoms with Gasteiger partial charge in [0.25, 0.3) is 0 Å². The first-order chi connectivity index (χ1) is 8.15. The summed E-state index contributed by atoms with van der Waals surface area (Å²) in [6, 6.07) is 3.73. The molecule has 17 heavy (non-hydrogen) atoms. The molecule has 92 valence electrons. The maximum Gasteiger partial charge on any atom is 0.236 e. The highest BCUT2D eigenvalue weighted by atomic mass is 35.5. The number of nitrogens with zero attached hydrogens (tertiary/aromatic N) is 3. The van der Waals surface area contributed by atoms with Gasteiger partial charge in [0, 0.05) is 32.9 Å². The van der Waals surface area contributed by atoms with Crippen LogP contribution in [0, 0.1) is 0 Å². The van der Waals surface area contributed by atoms with Gasteiger partial charge in [-0.05, 0) is 18.1 Å². The summed E-state index contributed by atoms with van der Waals surface area (Å²) in [6.45, 7) is 3.02. The third-order valence-electron chi connectivity index (χ3n) is 2.95. The summed E-state index contributed by atoms with van der Waals surface area (Å²) in [5.74, 6) is 0.185. The molecule has 0 unspecified atom stereocenters. The van der Waals surface area contributed by atoms with Crippen LogP contribution in [-0.4, -0.2) is 47.4 Å². The van der Waals surface area contributed by atoms with Crippen LogP contribution in [0.3, 0.4) is 0 Å². The average Bonchev–Trinajstić information content (AvgIpc) is 2.45. The predicted octanol–water partition coefficient (Wildman–Crippen LogP) is 1.40. The van der Waals surface area contributed by atoms with E-state index in [1.54, 1.807) is 17.2 Å². The Labute approximate surface area is 106 Å². The van der Waals surface area contributed by atoms with E-state index in [9.17, 15) is 4.79 Å². The Bertz CT molecular complexity index is 393. The summed E-state index contributed by atoms with van der Waals surface area (Å²) in [5.41, 5.74) is 1.09. The van der Waals surface area contributed by atoms with Crippen LogP contribution in [0.15, 0.2) is 18.3 Å². The normalized spacial score (nSPS) is 18.2. The molecule has 0 N–H and O–H groups in total. The molecule has 1 aliphatic rings. The Hall–Kier alpha value is -1.13. The highest BCUT2D eigenvalue weighted by molar-refractivity contribution is 6.29. The third-order valence-corrected chi connectivity index (χ3v) is 3.17. The van der Waals surface area contributed by atoms with E-state index in [2.05, 4.69) is 9.88 Å². The topological polar surface area (TPSA) is 36.4 Å². The first-order valence-electron chi connectivity index (χ1n) is 5.72. The number of carbonyl (C=O) groups is 1. The highest BCUT2D eigenvalue weighted by Gasteiger charge is 2.18. The van der Waals surface area contributed by atoms with E-state index < -0.39 is 0 Å². The first-order valence-corrected chi connectivity index (χ1v) is 6.10. The van der Waals surface area contributed by atoms with Crippen molar-refractivity contribution < 1.29 is 4.79 Å². The fourth-order valence-corrected chi connectivity index (χ4v) is 2.05. The zero-order valence-corrected chi connectivity index (χ0v) is 10.7. The molecule has 1 fully saturated rings. The standard InChI is InChI=1S/C12H16ClN3O/c1-15-5-2-6-16(9-12(15)17)8-10-3-4-11(13)14-7-10/h3-4,7H,2,5-6,8-9H2,1H3. The number of likely N-dealkylation sites (N-methyl/N-ethyl adjacent to an activating group) is 1. The van der Waals surface area contributed by atoms with Crippen molar-refractivity contribution in [1.29, 1.82) is 0 Å². The average molecular weight is 254 g/mol. The lowest BCUT2D eigenvalue weighted by Crippen LogP contribution is -2.34. The summed E-state index contributed by atoms with van der Waals surface area (Å²) >= 11 is 5.74. The smallest absolute Gasteiger partial charge is 0.236 e. The van der Waals surface area contributed by atoms with Gasteiger partial charge in [0.1, 0.15) is 5.15 Å². The molecule has 0 radical (unpaired) electrons. The molecule has 1 aromatic heterocycles. The Morgan fingerprint density at radius 2 is 2.24 bits per heavy atom. The Morgan fingerprint density at radius 3 is 2.94 bits per heavy atom. The van der Waals surface area contributed by atoms with Crippen LogP contribution >= 0.6 is 11.6 Å². The van der Waals surface area contributed by atoms with Crippen molar-refractivity contribution in [3.05, 3.63) is 29.0 Å². The van der Waals surface area contributed by atoms with Gasteiger partial charge in [-0.15, -0.1) is 0 Å². The van der Waals surface area contributed by atoms with Crippen molar-refractivity contribution in [3.63, 3.8) is 0 Å². The van der Waals surface area contributed by atoms with Gasteiger partial charge in [-0.2, -0.15) is 0 Å². The second kappa shape index (κ2) is 5.47. The van der Waals surface area contributed by atoms with Crippen LogP contribution in [0.1, 0.15) is 12.0 Å². The number of carbonyl (C=O) groups excluding carboxylic acids is 1. The minimum atomic E-state index is 0.185. The van der Waals surface area contributed by atoms with E-state index in [1.807, 2.05) is 13.1 Å². The monoisotopic (exact) mass is 253 g/mol. The molecule has 1 saturated heterocycles. The lowest BCUT2D eigenvalue weighted by molar-refractivity contribution is -0.129. The number of pyridine rings is 1. The van der Waals surface area contributed by atoms with Crippen LogP contribution < -0.4 is 0 Å². The second-order valence-electron chi connectivity index (χ2n) is 4.37. The van der Waals surface area contributed by atoms with Gasteiger partial charge in [-0.3, -0.25) is 9.69 Å². The molecule has 1 amide bonds. The van der Waals surface area contributed by atoms with Gasteiger partial charge in [0.05, 0.1) is 6.54 Å². The number of amides is 1. The summed E-state index contributed by atoms with van der Waals surface area (Å²) in [6.07, 6.45) is 2.78. The van der Waals surface area contributed by atoms with Gasteiger partial charge < -0.3 is 4.90 Å². The number of hydrogen-bond acceptors (Lipinski definition) is 3. The molecule has 0 bridgehead atoms. The van der Waals surface area contributed by atoms with E-state index in [0.29, 0.717) is 11.7 Å².